The van der Waals surface area contributed by atoms with Gasteiger partial charge in [0.25, 0.3) is 0 Å². The van der Waals surface area contributed by atoms with E-state index < -0.39 is 5.97 Å². The molecule has 29 heavy (non-hydrogen) atoms. The standard InChI is InChI=1S/C23H30N2O2S2/c1-28-21-13-18-9-11-24-10-8-17(18)12-19(21)20-14-29-23(25-20)16-5-2-15(3-6-16)4-7-22(26)27/h12-16,24H,2-11H2,1H3,(H,26,27)/t15-,16-. The van der Waals surface area contributed by atoms with E-state index in [9.17, 15) is 4.79 Å². The SMILES string of the molecule is CSc1cc2c(cc1-c1csc([C@H]3CC[C@H](CCC(=O)O)CC3)n1)CCNCC2. The van der Waals surface area contributed by atoms with Gasteiger partial charge in [0, 0.05) is 28.2 Å². The second-order valence-corrected chi connectivity index (χ2v) is 10.0. The molecule has 2 heterocycles. The van der Waals surface area contributed by atoms with Gasteiger partial charge in [-0.3, -0.25) is 4.79 Å². The van der Waals surface area contributed by atoms with E-state index in [4.69, 9.17) is 10.1 Å². The van der Waals surface area contributed by atoms with Crippen molar-refractivity contribution in [3.8, 4) is 11.3 Å². The van der Waals surface area contributed by atoms with Crippen LogP contribution in [-0.2, 0) is 17.6 Å². The molecule has 4 rings (SSSR count). The summed E-state index contributed by atoms with van der Waals surface area (Å²) in [4.78, 5) is 17.2. The van der Waals surface area contributed by atoms with Crippen molar-refractivity contribution in [2.75, 3.05) is 19.3 Å². The first-order valence-corrected chi connectivity index (χ1v) is 12.8. The van der Waals surface area contributed by atoms with E-state index in [2.05, 4.69) is 29.1 Å². The second-order valence-electron chi connectivity index (χ2n) is 8.29. The number of rotatable bonds is 6. The summed E-state index contributed by atoms with van der Waals surface area (Å²) < 4.78 is 0. The van der Waals surface area contributed by atoms with Gasteiger partial charge in [0.15, 0.2) is 0 Å². The van der Waals surface area contributed by atoms with Crippen LogP contribution in [0.5, 0.6) is 0 Å². The first-order valence-electron chi connectivity index (χ1n) is 10.7. The average molecular weight is 431 g/mol. The average Bonchev–Trinajstić information content (AvgIpc) is 3.11. The molecule has 2 aromatic rings. The molecule has 1 aliphatic heterocycles. The lowest BCUT2D eigenvalue weighted by atomic mass is 9.80. The number of aliphatic carboxylic acids is 1. The van der Waals surface area contributed by atoms with Gasteiger partial charge >= 0.3 is 5.97 Å². The van der Waals surface area contributed by atoms with Crippen LogP contribution in [-0.4, -0.2) is 35.4 Å². The molecule has 0 bridgehead atoms. The third-order valence-electron chi connectivity index (χ3n) is 6.42. The van der Waals surface area contributed by atoms with E-state index in [-0.39, 0.29) is 0 Å². The highest BCUT2D eigenvalue weighted by molar-refractivity contribution is 7.98. The van der Waals surface area contributed by atoms with Gasteiger partial charge in [-0.25, -0.2) is 4.98 Å². The third-order valence-corrected chi connectivity index (χ3v) is 8.21. The zero-order valence-corrected chi connectivity index (χ0v) is 18.7. The van der Waals surface area contributed by atoms with Crippen molar-refractivity contribution >= 4 is 29.1 Å². The van der Waals surface area contributed by atoms with Crippen molar-refractivity contribution in [2.24, 2.45) is 5.92 Å². The molecule has 1 fully saturated rings. The largest absolute Gasteiger partial charge is 0.481 e. The maximum Gasteiger partial charge on any atom is 0.303 e. The van der Waals surface area contributed by atoms with Crippen LogP contribution in [0.2, 0.25) is 0 Å². The Morgan fingerprint density at radius 3 is 2.62 bits per heavy atom. The molecule has 0 unspecified atom stereocenters. The van der Waals surface area contributed by atoms with Gasteiger partial charge in [-0.1, -0.05) is 0 Å². The monoisotopic (exact) mass is 430 g/mol. The Morgan fingerprint density at radius 1 is 1.21 bits per heavy atom. The summed E-state index contributed by atoms with van der Waals surface area (Å²) in [6, 6.07) is 4.77. The summed E-state index contributed by atoms with van der Waals surface area (Å²) >= 11 is 3.62. The fourth-order valence-corrected chi connectivity index (χ4v) is 6.33. The Labute approximate surface area is 181 Å². The van der Waals surface area contributed by atoms with Crippen LogP contribution in [0.4, 0.5) is 0 Å². The van der Waals surface area contributed by atoms with Gasteiger partial charge in [0.2, 0.25) is 0 Å². The smallest absolute Gasteiger partial charge is 0.303 e. The highest BCUT2D eigenvalue weighted by Gasteiger charge is 2.25. The number of carboxylic acids is 1. The lowest BCUT2D eigenvalue weighted by Gasteiger charge is -2.26. The summed E-state index contributed by atoms with van der Waals surface area (Å²) in [6.07, 6.45) is 10.0. The first kappa shape index (κ1) is 20.9. The molecule has 2 aliphatic rings. The molecule has 4 nitrogen and oxygen atoms in total. The Kier molecular flexibility index (Phi) is 6.93. The van der Waals surface area contributed by atoms with Gasteiger partial charge in [-0.15, -0.1) is 23.1 Å². The lowest BCUT2D eigenvalue weighted by molar-refractivity contribution is -0.137. The molecule has 0 atom stereocenters. The topological polar surface area (TPSA) is 62.2 Å². The molecule has 1 aromatic heterocycles. The van der Waals surface area contributed by atoms with Crippen molar-refractivity contribution < 1.29 is 9.90 Å². The number of aromatic nitrogens is 1. The summed E-state index contributed by atoms with van der Waals surface area (Å²) in [5.41, 5.74) is 5.37. The molecule has 0 spiro atoms. The number of thiazole rings is 1. The summed E-state index contributed by atoms with van der Waals surface area (Å²) in [6.45, 7) is 2.12. The van der Waals surface area contributed by atoms with Crippen LogP contribution >= 0.6 is 23.1 Å². The number of nitrogens with one attached hydrogen (secondary N) is 1. The minimum absolute atomic E-state index is 0.308. The maximum atomic E-state index is 10.8. The summed E-state index contributed by atoms with van der Waals surface area (Å²) in [7, 11) is 0. The van der Waals surface area contributed by atoms with Crippen molar-refractivity contribution in [3.05, 3.63) is 33.6 Å². The van der Waals surface area contributed by atoms with Gasteiger partial charge in [0.05, 0.1) is 10.7 Å². The molecule has 6 heteroatoms. The summed E-state index contributed by atoms with van der Waals surface area (Å²) in [5.74, 6) is 0.443. The van der Waals surface area contributed by atoms with Crippen LogP contribution in [0.3, 0.4) is 0 Å². The minimum atomic E-state index is -0.669. The Hall–Kier alpha value is -1.37. The maximum absolute atomic E-state index is 10.8. The van der Waals surface area contributed by atoms with Crippen LogP contribution in [0.15, 0.2) is 22.4 Å². The minimum Gasteiger partial charge on any atom is -0.481 e. The molecule has 156 valence electrons. The van der Waals surface area contributed by atoms with Crippen molar-refractivity contribution in [2.45, 2.75) is 62.2 Å². The number of nitrogens with zero attached hydrogens (tertiary/aromatic N) is 1. The summed E-state index contributed by atoms with van der Waals surface area (Å²) in [5, 5.41) is 15.9. The van der Waals surface area contributed by atoms with Crippen LogP contribution in [0.25, 0.3) is 11.3 Å². The number of carbonyl (C=O) groups is 1. The highest BCUT2D eigenvalue weighted by atomic mass is 32.2. The van der Waals surface area contributed by atoms with E-state index in [1.165, 1.54) is 26.6 Å². The van der Waals surface area contributed by atoms with Gasteiger partial charge < -0.3 is 10.4 Å². The fraction of sp³-hybridized carbons (Fsp3) is 0.565. The fourth-order valence-electron chi connectivity index (χ4n) is 4.70. The van der Waals surface area contributed by atoms with E-state index in [0.29, 0.717) is 18.3 Å². The van der Waals surface area contributed by atoms with E-state index in [1.807, 2.05) is 11.8 Å². The number of hydrogen-bond donors (Lipinski definition) is 2. The molecule has 2 N–H and O–H groups in total. The van der Waals surface area contributed by atoms with Crippen molar-refractivity contribution in [1.82, 2.24) is 10.3 Å². The molecule has 0 amide bonds. The highest BCUT2D eigenvalue weighted by Crippen LogP contribution is 2.41. The van der Waals surface area contributed by atoms with Crippen molar-refractivity contribution in [3.63, 3.8) is 0 Å². The number of carboxylic acid groups (broad SMARTS) is 1. The van der Waals surface area contributed by atoms with Crippen LogP contribution in [0, 0.1) is 5.92 Å². The third kappa shape index (κ3) is 5.04. The Balaban J connectivity index is 1.48. The first-order chi connectivity index (χ1) is 14.1. The van der Waals surface area contributed by atoms with Crippen LogP contribution in [0.1, 0.15) is 60.6 Å². The van der Waals surface area contributed by atoms with Crippen LogP contribution < -0.4 is 5.32 Å². The zero-order chi connectivity index (χ0) is 20.2. The number of fused-ring (bicyclic) bond motifs is 1. The Bertz CT molecular complexity index is 857. The molecule has 1 aromatic carbocycles. The zero-order valence-electron chi connectivity index (χ0n) is 17.1. The number of benzene rings is 1. The van der Waals surface area contributed by atoms with Gasteiger partial charge in [-0.2, -0.15) is 0 Å². The van der Waals surface area contributed by atoms with Gasteiger partial charge in [0.1, 0.15) is 0 Å². The predicted octanol–water partition coefficient (Wildman–Crippen LogP) is 5.36. The number of thioether (sulfide) groups is 1. The van der Waals surface area contributed by atoms with E-state index in [1.54, 1.807) is 11.3 Å². The lowest BCUT2D eigenvalue weighted by Crippen LogP contribution is -2.16. The number of hydrogen-bond acceptors (Lipinski definition) is 5. The molecule has 1 aliphatic carbocycles. The molecular weight excluding hydrogens is 400 g/mol. The van der Waals surface area contributed by atoms with Gasteiger partial charge in [-0.05, 0) is 93.5 Å². The Morgan fingerprint density at radius 2 is 1.93 bits per heavy atom. The normalized spacial score (nSPS) is 22.1. The second kappa shape index (κ2) is 9.63. The molecule has 0 saturated heterocycles. The molecule has 0 radical (unpaired) electrons. The van der Waals surface area contributed by atoms with E-state index in [0.717, 1.165) is 63.7 Å². The quantitative estimate of drug-likeness (QED) is 0.604. The van der Waals surface area contributed by atoms with Crippen molar-refractivity contribution in [1.29, 1.82) is 0 Å². The van der Waals surface area contributed by atoms with E-state index >= 15 is 0 Å². The predicted molar refractivity (Wildman–Crippen MR) is 121 cm³/mol. The molecule has 1 saturated carbocycles. The molecular formula is C23H30N2O2S2.